The minimum Gasteiger partial charge on any atom is -0.486 e. The average Bonchev–Trinajstić information content (AvgIpc) is 2.86. The van der Waals surface area contributed by atoms with E-state index in [1.54, 1.807) is 25.1 Å². The molecule has 1 N–H and O–H groups in total. The number of benzene rings is 1. The van der Waals surface area contributed by atoms with Gasteiger partial charge in [-0.15, -0.1) is 0 Å². The Morgan fingerprint density at radius 2 is 1.95 bits per heavy atom. The molecule has 1 aliphatic heterocycles. The van der Waals surface area contributed by atoms with Crippen molar-refractivity contribution < 1.29 is 18.8 Å². The Hall–Kier alpha value is -2.02. The van der Waals surface area contributed by atoms with E-state index >= 15 is 0 Å². The van der Waals surface area contributed by atoms with Crippen LogP contribution < -0.4 is 14.8 Å². The van der Waals surface area contributed by atoms with Crippen LogP contribution in [0.5, 0.6) is 11.5 Å². The van der Waals surface area contributed by atoms with Gasteiger partial charge in [-0.25, -0.2) is 0 Å². The van der Waals surface area contributed by atoms with Crippen LogP contribution in [0.15, 0.2) is 27.2 Å². The Morgan fingerprint density at radius 3 is 2.60 bits per heavy atom. The molecule has 0 spiro atoms. The molecule has 1 aromatic carbocycles. The molecule has 0 radical (unpaired) electrons. The normalized spacial score (nSPS) is 13.1. The lowest BCUT2D eigenvalue weighted by atomic mass is 10.2. The fourth-order valence-corrected chi connectivity index (χ4v) is 2.24. The van der Waals surface area contributed by atoms with E-state index in [0.717, 1.165) is 0 Å². The van der Waals surface area contributed by atoms with E-state index in [1.165, 1.54) is 0 Å². The standard InChI is InChI=1S/C13H11BrN2O4/c1-7-4-12(20-16-7)13(17)15-9-6-11-10(5-8(9)14)18-2-3-19-11/h4-6H,2-3H2,1H3,(H,15,17). The number of amides is 1. The van der Waals surface area contributed by atoms with Gasteiger partial charge in [0, 0.05) is 22.7 Å². The quantitative estimate of drug-likeness (QED) is 0.911. The Kier molecular flexibility index (Phi) is 3.35. The van der Waals surface area contributed by atoms with Gasteiger partial charge >= 0.3 is 0 Å². The highest BCUT2D eigenvalue weighted by molar-refractivity contribution is 9.10. The maximum atomic E-state index is 12.0. The number of aryl methyl sites for hydroxylation is 1. The monoisotopic (exact) mass is 338 g/mol. The molecule has 104 valence electrons. The maximum absolute atomic E-state index is 12.0. The molecule has 0 aliphatic carbocycles. The average molecular weight is 339 g/mol. The summed E-state index contributed by atoms with van der Waals surface area (Å²) < 4.78 is 16.6. The summed E-state index contributed by atoms with van der Waals surface area (Å²) in [5.74, 6) is 1.03. The zero-order chi connectivity index (χ0) is 14.1. The van der Waals surface area contributed by atoms with Crippen molar-refractivity contribution in [3.63, 3.8) is 0 Å². The molecule has 2 aromatic rings. The van der Waals surface area contributed by atoms with E-state index in [1.807, 2.05) is 0 Å². The summed E-state index contributed by atoms with van der Waals surface area (Å²) in [6, 6.07) is 5.04. The molecule has 0 unspecified atom stereocenters. The van der Waals surface area contributed by atoms with Crippen molar-refractivity contribution in [1.29, 1.82) is 0 Å². The molecule has 0 saturated heterocycles. The fourth-order valence-electron chi connectivity index (χ4n) is 1.81. The first kappa shape index (κ1) is 13.0. The Morgan fingerprint density at radius 1 is 1.25 bits per heavy atom. The fraction of sp³-hybridized carbons (Fsp3) is 0.231. The van der Waals surface area contributed by atoms with Crippen LogP contribution in [0.25, 0.3) is 0 Å². The number of carbonyl (C=O) groups is 1. The van der Waals surface area contributed by atoms with Gasteiger partial charge in [0.15, 0.2) is 11.5 Å². The van der Waals surface area contributed by atoms with Crippen LogP contribution in [0.4, 0.5) is 5.69 Å². The number of aromatic nitrogens is 1. The van der Waals surface area contributed by atoms with Crippen molar-refractivity contribution in [3.8, 4) is 11.5 Å². The van der Waals surface area contributed by atoms with E-state index in [-0.39, 0.29) is 11.7 Å². The number of carbonyl (C=O) groups excluding carboxylic acids is 1. The zero-order valence-corrected chi connectivity index (χ0v) is 12.2. The first-order valence-electron chi connectivity index (χ1n) is 5.97. The second-order valence-electron chi connectivity index (χ2n) is 4.26. The van der Waals surface area contributed by atoms with E-state index < -0.39 is 0 Å². The molecule has 1 aliphatic rings. The minimum absolute atomic E-state index is 0.157. The largest absolute Gasteiger partial charge is 0.486 e. The molecule has 3 rings (SSSR count). The van der Waals surface area contributed by atoms with Crippen molar-refractivity contribution in [1.82, 2.24) is 5.16 Å². The highest BCUT2D eigenvalue weighted by Gasteiger charge is 2.18. The molecule has 1 amide bonds. The van der Waals surface area contributed by atoms with Crippen LogP contribution >= 0.6 is 15.9 Å². The third kappa shape index (κ3) is 2.49. The Labute approximate surface area is 123 Å². The third-order valence-corrected chi connectivity index (χ3v) is 3.39. The molecule has 20 heavy (non-hydrogen) atoms. The second kappa shape index (κ2) is 5.16. The van der Waals surface area contributed by atoms with Gasteiger partial charge in [-0.05, 0) is 22.9 Å². The first-order chi connectivity index (χ1) is 9.63. The van der Waals surface area contributed by atoms with Gasteiger partial charge < -0.3 is 19.3 Å². The molecular formula is C13H11BrN2O4. The number of rotatable bonds is 2. The first-order valence-corrected chi connectivity index (χ1v) is 6.76. The molecule has 6 nitrogen and oxygen atoms in total. The Balaban J connectivity index is 1.85. The van der Waals surface area contributed by atoms with Crippen molar-refractivity contribution in [3.05, 3.63) is 34.1 Å². The van der Waals surface area contributed by atoms with Crippen LogP contribution in [-0.2, 0) is 0 Å². The number of halogens is 1. The SMILES string of the molecule is Cc1cc(C(=O)Nc2cc3c(cc2Br)OCCO3)on1. The molecular weight excluding hydrogens is 328 g/mol. The zero-order valence-electron chi connectivity index (χ0n) is 10.6. The highest BCUT2D eigenvalue weighted by Crippen LogP contribution is 2.38. The van der Waals surface area contributed by atoms with Gasteiger partial charge in [0.25, 0.3) is 5.91 Å². The molecule has 0 atom stereocenters. The van der Waals surface area contributed by atoms with Crippen molar-refractivity contribution >= 4 is 27.5 Å². The minimum atomic E-state index is -0.372. The number of anilines is 1. The van der Waals surface area contributed by atoms with Crippen molar-refractivity contribution in [2.45, 2.75) is 6.92 Å². The van der Waals surface area contributed by atoms with E-state index in [0.29, 0.717) is 40.6 Å². The predicted molar refractivity (Wildman–Crippen MR) is 74.3 cm³/mol. The van der Waals surface area contributed by atoms with Gasteiger partial charge in [-0.2, -0.15) is 0 Å². The van der Waals surface area contributed by atoms with Crippen LogP contribution in [0.2, 0.25) is 0 Å². The number of hydrogen-bond donors (Lipinski definition) is 1. The van der Waals surface area contributed by atoms with E-state index in [2.05, 4.69) is 26.4 Å². The summed E-state index contributed by atoms with van der Waals surface area (Å²) in [6.07, 6.45) is 0. The van der Waals surface area contributed by atoms with Gasteiger partial charge in [0.2, 0.25) is 5.76 Å². The summed E-state index contributed by atoms with van der Waals surface area (Å²) >= 11 is 3.39. The smallest absolute Gasteiger partial charge is 0.294 e. The lowest BCUT2D eigenvalue weighted by molar-refractivity contribution is 0.0987. The van der Waals surface area contributed by atoms with Crippen LogP contribution in [-0.4, -0.2) is 24.3 Å². The Bertz CT molecular complexity index is 668. The molecule has 0 bridgehead atoms. The van der Waals surface area contributed by atoms with Gasteiger partial charge in [0.05, 0.1) is 11.4 Å². The topological polar surface area (TPSA) is 73.6 Å². The highest BCUT2D eigenvalue weighted by atomic mass is 79.9. The number of ether oxygens (including phenoxy) is 2. The number of hydrogen-bond acceptors (Lipinski definition) is 5. The van der Waals surface area contributed by atoms with Crippen LogP contribution in [0, 0.1) is 6.92 Å². The molecule has 1 aromatic heterocycles. The summed E-state index contributed by atoms with van der Waals surface area (Å²) in [7, 11) is 0. The summed E-state index contributed by atoms with van der Waals surface area (Å²) in [5, 5.41) is 6.41. The van der Waals surface area contributed by atoms with E-state index in [9.17, 15) is 4.79 Å². The van der Waals surface area contributed by atoms with Gasteiger partial charge in [-0.1, -0.05) is 5.16 Å². The summed E-state index contributed by atoms with van der Waals surface area (Å²) in [6.45, 7) is 2.76. The number of nitrogens with zero attached hydrogens (tertiary/aromatic N) is 1. The predicted octanol–water partition coefficient (Wildman–Crippen LogP) is 2.77. The van der Waals surface area contributed by atoms with Gasteiger partial charge in [-0.3, -0.25) is 4.79 Å². The number of nitrogens with one attached hydrogen (secondary N) is 1. The molecule has 2 heterocycles. The lowest BCUT2D eigenvalue weighted by Gasteiger charge is -2.19. The van der Waals surface area contributed by atoms with Crippen LogP contribution in [0.1, 0.15) is 16.2 Å². The molecule has 7 heteroatoms. The summed E-state index contributed by atoms with van der Waals surface area (Å²) in [5.41, 5.74) is 1.23. The van der Waals surface area contributed by atoms with Crippen LogP contribution in [0.3, 0.4) is 0 Å². The van der Waals surface area contributed by atoms with E-state index in [4.69, 9.17) is 14.0 Å². The molecule has 0 saturated carbocycles. The molecule has 0 fully saturated rings. The maximum Gasteiger partial charge on any atom is 0.294 e. The van der Waals surface area contributed by atoms with Gasteiger partial charge in [0.1, 0.15) is 13.2 Å². The lowest BCUT2D eigenvalue weighted by Crippen LogP contribution is -2.16. The number of fused-ring (bicyclic) bond motifs is 1. The van der Waals surface area contributed by atoms with Crippen molar-refractivity contribution in [2.75, 3.05) is 18.5 Å². The van der Waals surface area contributed by atoms with Crippen molar-refractivity contribution in [2.24, 2.45) is 0 Å². The summed E-state index contributed by atoms with van der Waals surface area (Å²) in [4.78, 5) is 12.0. The second-order valence-corrected chi connectivity index (χ2v) is 5.12. The third-order valence-electron chi connectivity index (χ3n) is 2.73.